The van der Waals surface area contributed by atoms with Crippen molar-refractivity contribution in [2.75, 3.05) is 25.5 Å². The number of nitrogens with zero attached hydrogens (tertiary/aromatic N) is 1. The lowest BCUT2D eigenvalue weighted by Gasteiger charge is -2.05. The van der Waals surface area contributed by atoms with Gasteiger partial charge in [-0.25, -0.2) is 9.78 Å². The Balaban J connectivity index is 2.73. The number of carbonyl (C=O) groups excluding carboxylic acids is 1. The molecule has 14 heavy (non-hydrogen) atoms. The second kappa shape index (κ2) is 5.18. The number of hydrogen-bond acceptors (Lipinski definition) is 5. The van der Waals surface area contributed by atoms with E-state index >= 15 is 0 Å². The van der Waals surface area contributed by atoms with Crippen molar-refractivity contribution in [3.8, 4) is 0 Å². The van der Waals surface area contributed by atoms with E-state index in [9.17, 15) is 4.79 Å². The van der Waals surface area contributed by atoms with E-state index in [4.69, 9.17) is 5.73 Å². The molecule has 1 aromatic rings. The quantitative estimate of drug-likeness (QED) is 0.673. The van der Waals surface area contributed by atoms with Crippen molar-refractivity contribution >= 4 is 11.7 Å². The molecule has 0 amide bonds. The molecule has 76 valence electrons. The van der Waals surface area contributed by atoms with Gasteiger partial charge in [0, 0.05) is 25.0 Å². The highest BCUT2D eigenvalue weighted by Gasteiger charge is 2.06. The number of esters is 1. The first-order valence-corrected chi connectivity index (χ1v) is 4.26. The van der Waals surface area contributed by atoms with Gasteiger partial charge in [-0.3, -0.25) is 0 Å². The third-order valence-corrected chi connectivity index (χ3v) is 1.63. The fourth-order valence-corrected chi connectivity index (χ4v) is 0.973. The number of carbonyl (C=O) groups is 1. The predicted octanol–water partition coefficient (Wildman–Crippen LogP) is 0.239. The van der Waals surface area contributed by atoms with E-state index in [1.807, 2.05) is 0 Å². The summed E-state index contributed by atoms with van der Waals surface area (Å²) in [7, 11) is 1.32. The van der Waals surface area contributed by atoms with E-state index in [0.29, 0.717) is 13.1 Å². The summed E-state index contributed by atoms with van der Waals surface area (Å²) < 4.78 is 4.54. The molecule has 0 aliphatic heterocycles. The molecule has 0 fully saturated rings. The van der Waals surface area contributed by atoms with Crippen molar-refractivity contribution in [1.82, 2.24) is 4.98 Å². The highest BCUT2D eigenvalue weighted by Crippen LogP contribution is 2.07. The third-order valence-electron chi connectivity index (χ3n) is 1.63. The first-order valence-electron chi connectivity index (χ1n) is 4.26. The number of pyridine rings is 1. The smallest absolute Gasteiger partial charge is 0.356 e. The number of hydrogen-bond donors (Lipinski definition) is 2. The molecule has 1 aromatic heterocycles. The molecule has 0 saturated heterocycles. The lowest BCUT2D eigenvalue weighted by molar-refractivity contribution is 0.0594. The van der Waals surface area contributed by atoms with Crippen LogP contribution in [0, 0.1) is 0 Å². The van der Waals surface area contributed by atoms with Gasteiger partial charge in [-0.05, 0) is 12.1 Å². The van der Waals surface area contributed by atoms with Gasteiger partial charge in [0.2, 0.25) is 0 Å². The summed E-state index contributed by atoms with van der Waals surface area (Å²) in [6.45, 7) is 1.19. The molecule has 0 spiro atoms. The molecule has 5 nitrogen and oxygen atoms in total. The molecule has 0 bridgehead atoms. The molecule has 0 unspecified atom stereocenters. The average Bonchev–Trinajstić information content (AvgIpc) is 2.25. The monoisotopic (exact) mass is 195 g/mol. The molecule has 5 heteroatoms. The number of rotatable bonds is 4. The molecule has 0 radical (unpaired) electrons. The van der Waals surface area contributed by atoms with Crippen LogP contribution in [0.2, 0.25) is 0 Å². The molecule has 0 aliphatic carbocycles. The van der Waals surface area contributed by atoms with Gasteiger partial charge in [0.1, 0.15) is 5.69 Å². The van der Waals surface area contributed by atoms with Crippen molar-refractivity contribution < 1.29 is 9.53 Å². The summed E-state index contributed by atoms with van der Waals surface area (Å²) in [4.78, 5) is 15.0. The largest absolute Gasteiger partial charge is 0.464 e. The standard InChI is InChI=1S/C9H13N3O2/c1-14-9(13)8-6-7(2-4-12-8)11-5-3-10/h2,4,6H,3,5,10H2,1H3,(H,11,12). The molecule has 1 rings (SSSR count). The van der Waals surface area contributed by atoms with Crippen LogP contribution in [0.1, 0.15) is 10.5 Å². The maximum absolute atomic E-state index is 11.1. The zero-order valence-electron chi connectivity index (χ0n) is 7.99. The van der Waals surface area contributed by atoms with Crippen LogP contribution >= 0.6 is 0 Å². The van der Waals surface area contributed by atoms with Gasteiger partial charge >= 0.3 is 5.97 Å². The van der Waals surface area contributed by atoms with E-state index in [-0.39, 0.29) is 5.69 Å². The molecule has 1 heterocycles. The number of methoxy groups -OCH3 is 1. The van der Waals surface area contributed by atoms with Crippen molar-refractivity contribution in [2.45, 2.75) is 0 Å². The summed E-state index contributed by atoms with van der Waals surface area (Å²) in [6.07, 6.45) is 1.55. The predicted molar refractivity (Wildman–Crippen MR) is 53.1 cm³/mol. The van der Waals surface area contributed by atoms with E-state index < -0.39 is 5.97 Å². The van der Waals surface area contributed by atoms with Crippen molar-refractivity contribution in [1.29, 1.82) is 0 Å². The minimum absolute atomic E-state index is 0.287. The Labute approximate surface area is 82.3 Å². The summed E-state index contributed by atoms with van der Waals surface area (Å²) in [5, 5.41) is 3.04. The first-order chi connectivity index (χ1) is 6.77. The van der Waals surface area contributed by atoms with E-state index in [1.165, 1.54) is 7.11 Å². The second-order valence-corrected chi connectivity index (χ2v) is 2.64. The first kappa shape index (κ1) is 10.5. The Morgan fingerprint density at radius 3 is 3.14 bits per heavy atom. The minimum atomic E-state index is -0.443. The Bertz CT molecular complexity index is 315. The molecular formula is C9H13N3O2. The SMILES string of the molecule is COC(=O)c1cc(NCCN)ccn1. The van der Waals surface area contributed by atoms with E-state index in [2.05, 4.69) is 15.0 Å². The van der Waals surface area contributed by atoms with Crippen LogP contribution in [0.3, 0.4) is 0 Å². The molecule has 0 aliphatic rings. The second-order valence-electron chi connectivity index (χ2n) is 2.64. The van der Waals surface area contributed by atoms with Gasteiger partial charge in [-0.15, -0.1) is 0 Å². The Kier molecular flexibility index (Phi) is 3.87. The summed E-state index contributed by atoms with van der Waals surface area (Å²) in [5.74, 6) is -0.443. The molecule has 0 saturated carbocycles. The highest BCUT2D eigenvalue weighted by molar-refractivity contribution is 5.88. The van der Waals surface area contributed by atoms with Gasteiger partial charge in [0.25, 0.3) is 0 Å². The third kappa shape index (κ3) is 2.70. The zero-order valence-corrected chi connectivity index (χ0v) is 7.99. The molecule has 0 atom stereocenters. The Hall–Kier alpha value is -1.62. The summed E-state index contributed by atoms with van der Waals surface area (Å²) in [6, 6.07) is 3.39. The topological polar surface area (TPSA) is 77.2 Å². The molecular weight excluding hydrogens is 182 g/mol. The normalized spacial score (nSPS) is 9.57. The van der Waals surface area contributed by atoms with Crippen LogP contribution in [-0.2, 0) is 4.74 Å². The van der Waals surface area contributed by atoms with Gasteiger partial charge in [-0.1, -0.05) is 0 Å². The van der Waals surface area contributed by atoms with Crippen molar-refractivity contribution in [3.63, 3.8) is 0 Å². The fraction of sp³-hybridized carbons (Fsp3) is 0.333. The summed E-state index contributed by atoms with van der Waals surface area (Å²) in [5.41, 5.74) is 6.43. The van der Waals surface area contributed by atoms with Crippen LogP contribution in [0.25, 0.3) is 0 Å². The fourth-order valence-electron chi connectivity index (χ4n) is 0.973. The number of ether oxygens (including phenoxy) is 1. The van der Waals surface area contributed by atoms with E-state index in [0.717, 1.165) is 5.69 Å². The maximum Gasteiger partial charge on any atom is 0.356 e. The minimum Gasteiger partial charge on any atom is -0.464 e. The van der Waals surface area contributed by atoms with Crippen LogP contribution in [0.4, 0.5) is 5.69 Å². The van der Waals surface area contributed by atoms with Crippen LogP contribution in [0.5, 0.6) is 0 Å². The van der Waals surface area contributed by atoms with Crippen LogP contribution in [0.15, 0.2) is 18.3 Å². The van der Waals surface area contributed by atoms with Crippen LogP contribution in [-0.4, -0.2) is 31.2 Å². The van der Waals surface area contributed by atoms with Crippen molar-refractivity contribution in [3.05, 3.63) is 24.0 Å². The molecule has 3 N–H and O–H groups in total. The van der Waals surface area contributed by atoms with Gasteiger partial charge < -0.3 is 15.8 Å². The number of anilines is 1. The number of nitrogens with two attached hydrogens (primary N) is 1. The Morgan fingerprint density at radius 2 is 2.50 bits per heavy atom. The summed E-state index contributed by atoms with van der Waals surface area (Å²) >= 11 is 0. The average molecular weight is 195 g/mol. The van der Waals surface area contributed by atoms with Gasteiger partial charge in [0.15, 0.2) is 0 Å². The van der Waals surface area contributed by atoms with Gasteiger partial charge in [0.05, 0.1) is 7.11 Å². The van der Waals surface area contributed by atoms with E-state index in [1.54, 1.807) is 18.3 Å². The molecule has 0 aromatic carbocycles. The maximum atomic E-state index is 11.1. The highest BCUT2D eigenvalue weighted by atomic mass is 16.5. The Morgan fingerprint density at radius 1 is 1.71 bits per heavy atom. The zero-order chi connectivity index (χ0) is 10.4. The van der Waals surface area contributed by atoms with Crippen molar-refractivity contribution in [2.24, 2.45) is 5.73 Å². The number of aromatic nitrogens is 1. The van der Waals surface area contributed by atoms with Gasteiger partial charge in [-0.2, -0.15) is 0 Å². The van der Waals surface area contributed by atoms with Crippen LogP contribution < -0.4 is 11.1 Å². The lowest BCUT2D eigenvalue weighted by Crippen LogP contribution is -2.13. The number of nitrogens with one attached hydrogen (secondary N) is 1. The lowest BCUT2D eigenvalue weighted by atomic mass is 10.3.